The Morgan fingerprint density at radius 1 is 1.36 bits per heavy atom. The highest BCUT2D eigenvalue weighted by molar-refractivity contribution is 7.98. The highest BCUT2D eigenvalue weighted by Gasteiger charge is 2.03. The highest BCUT2D eigenvalue weighted by Crippen LogP contribution is 2.33. The summed E-state index contributed by atoms with van der Waals surface area (Å²) in [4.78, 5) is 2.75. The third-order valence-corrected chi connectivity index (χ3v) is 3.25. The van der Waals surface area contributed by atoms with Gasteiger partial charge in [-0.2, -0.15) is 0 Å². The summed E-state index contributed by atoms with van der Waals surface area (Å²) >= 11 is 3.60. The second-order valence-electron chi connectivity index (χ2n) is 2.33. The van der Waals surface area contributed by atoms with E-state index in [0.29, 0.717) is 0 Å². The molecule has 0 N–H and O–H groups in total. The van der Waals surface area contributed by atoms with E-state index < -0.39 is 0 Å². The van der Waals surface area contributed by atoms with E-state index in [2.05, 4.69) is 35.9 Å². The normalized spacial score (nSPS) is 10.6. The molecule has 0 fully saturated rings. The van der Waals surface area contributed by atoms with Crippen molar-refractivity contribution in [1.82, 2.24) is 0 Å². The first-order valence-electron chi connectivity index (χ1n) is 3.41. The average molecular weight is 180 g/mol. The fourth-order valence-electron chi connectivity index (χ4n) is 1.08. The first kappa shape index (κ1) is 7.19. The Balaban J connectivity index is 2.60. The maximum absolute atomic E-state index is 2.24. The molecule has 0 aromatic heterocycles. The molecule has 2 rings (SSSR count). The zero-order valence-electron chi connectivity index (χ0n) is 6.20. The molecule has 2 aliphatic rings. The van der Waals surface area contributed by atoms with Crippen LogP contribution >= 0.6 is 23.1 Å². The maximum atomic E-state index is 2.24. The van der Waals surface area contributed by atoms with Gasteiger partial charge in [0.1, 0.15) is 0 Å². The predicted molar refractivity (Wildman–Crippen MR) is 52.7 cm³/mol. The van der Waals surface area contributed by atoms with Crippen molar-refractivity contribution in [2.45, 2.75) is 4.90 Å². The molecule has 1 aliphatic heterocycles. The van der Waals surface area contributed by atoms with Gasteiger partial charge < -0.3 is 0 Å². The summed E-state index contributed by atoms with van der Waals surface area (Å²) in [6.07, 6.45) is 2.11. The molecule has 0 bridgehead atoms. The van der Waals surface area contributed by atoms with Gasteiger partial charge in [-0.3, -0.25) is 0 Å². The molecule has 0 spiro atoms. The molecule has 0 nitrogen and oxygen atoms in total. The van der Waals surface area contributed by atoms with Gasteiger partial charge in [0, 0.05) is 9.77 Å². The molecule has 0 atom stereocenters. The summed E-state index contributed by atoms with van der Waals surface area (Å²) in [6.45, 7) is 0. The minimum absolute atomic E-state index is 1.36. The Labute approximate surface area is 74.6 Å². The van der Waals surface area contributed by atoms with E-state index in [-0.39, 0.29) is 0 Å². The first-order chi connectivity index (χ1) is 5.40. The van der Waals surface area contributed by atoms with Crippen molar-refractivity contribution in [2.75, 3.05) is 6.26 Å². The van der Waals surface area contributed by atoms with Crippen molar-refractivity contribution in [2.24, 2.45) is 0 Å². The van der Waals surface area contributed by atoms with Crippen LogP contribution < -0.4 is 0 Å². The van der Waals surface area contributed by atoms with E-state index >= 15 is 0 Å². The fraction of sp³-hybridized carbons (Fsp3) is 0.111. The van der Waals surface area contributed by atoms with E-state index in [4.69, 9.17) is 0 Å². The summed E-state index contributed by atoms with van der Waals surface area (Å²) in [5.74, 6) is 0. The fourth-order valence-corrected chi connectivity index (χ4v) is 2.40. The Morgan fingerprint density at radius 3 is 3.00 bits per heavy atom. The van der Waals surface area contributed by atoms with Gasteiger partial charge in [0.15, 0.2) is 0 Å². The molecule has 0 saturated carbocycles. The third-order valence-electron chi connectivity index (χ3n) is 1.64. The maximum Gasteiger partial charge on any atom is 0.0353 e. The van der Waals surface area contributed by atoms with Gasteiger partial charge in [-0.15, -0.1) is 23.1 Å². The average Bonchev–Trinajstić information content (AvgIpc) is 2.46. The van der Waals surface area contributed by atoms with Crippen LogP contribution in [0.3, 0.4) is 0 Å². The molecule has 2 heteroatoms. The second-order valence-corrected chi connectivity index (χ2v) is 4.16. The van der Waals surface area contributed by atoms with E-state index in [0.717, 1.165) is 0 Å². The lowest BCUT2D eigenvalue weighted by atomic mass is 10.3. The zero-order valence-corrected chi connectivity index (χ0v) is 7.84. The summed E-state index contributed by atoms with van der Waals surface area (Å²) in [7, 11) is 0. The molecule has 0 aromatic rings. The molecule has 1 aliphatic carbocycles. The third kappa shape index (κ3) is 1.28. The van der Waals surface area contributed by atoms with E-state index in [1.165, 1.54) is 15.3 Å². The van der Waals surface area contributed by atoms with Crippen molar-refractivity contribution in [3.05, 3.63) is 29.6 Å². The van der Waals surface area contributed by atoms with Crippen LogP contribution in [0.1, 0.15) is 0 Å². The van der Waals surface area contributed by atoms with E-state index in [1.807, 2.05) is 0 Å². The topological polar surface area (TPSA) is 0 Å². The van der Waals surface area contributed by atoms with Gasteiger partial charge >= 0.3 is 0 Å². The molecule has 0 aromatic carbocycles. The lowest BCUT2D eigenvalue weighted by molar-refractivity contribution is 1.60. The largest absolute Gasteiger partial charge is 0.144 e. The molecule has 0 amide bonds. The summed E-state index contributed by atoms with van der Waals surface area (Å²) < 4.78 is 0. The van der Waals surface area contributed by atoms with E-state index in [1.54, 1.807) is 23.1 Å². The smallest absolute Gasteiger partial charge is 0.0353 e. The molecule has 56 valence electrons. The van der Waals surface area contributed by atoms with Crippen LogP contribution in [0, 0.1) is 0 Å². The predicted octanol–water partition coefficient (Wildman–Crippen LogP) is 3.57. The van der Waals surface area contributed by atoms with Crippen molar-refractivity contribution in [3.63, 3.8) is 0 Å². The number of hydrogen-bond acceptors (Lipinski definition) is 2. The van der Waals surface area contributed by atoms with Crippen molar-refractivity contribution in [1.29, 1.82) is 0 Å². The van der Waals surface area contributed by atoms with Crippen molar-refractivity contribution < 1.29 is 0 Å². The van der Waals surface area contributed by atoms with Gasteiger partial charge in [-0.1, -0.05) is 12.1 Å². The Bertz CT molecular complexity index is 294. The highest BCUT2D eigenvalue weighted by atomic mass is 32.2. The van der Waals surface area contributed by atoms with Crippen LogP contribution in [0.15, 0.2) is 34.5 Å². The molecule has 0 saturated heterocycles. The van der Waals surface area contributed by atoms with Crippen molar-refractivity contribution in [3.8, 4) is 10.4 Å². The molecular weight excluding hydrogens is 172 g/mol. The van der Waals surface area contributed by atoms with Crippen LogP contribution in [0.4, 0.5) is 0 Å². The van der Waals surface area contributed by atoms with Crippen LogP contribution in [0.2, 0.25) is 0 Å². The monoisotopic (exact) mass is 180 g/mol. The van der Waals surface area contributed by atoms with Gasteiger partial charge in [0.25, 0.3) is 0 Å². The number of rotatable bonds is 1. The zero-order chi connectivity index (χ0) is 7.68. The number of thioether (sulfide) groups is 1. The molecular formula is C9H8S2. The Hall–Kier alpha value is -0.470. The number of hydrogen-bond donors (Lipinski definition) is 0. The minimum Gasteiger partial charge on any atom is -0.144 e. The molecule has 11 heavy (non-hydrogen) atoms. The second kappa shape index (κ2) is 2.88. The quantitative estimate of drug-likeness (QED) is 0.604. The van der Waals surface area contributed by atoms with Crippen LogP contribution in [-0.4, -0.2) is 6.26 Å². The Morgan fingerprint density at radius 2 is 2.27 bits per heavy atom. The molecule has 0 radical (unpaired) electrons. The minimum atomic E-state index is 1.36. The standard InChI is InChI=1S/C9H8S2/c1-10-8-5-7-3-2-4-11-9(7)6-8/h2-6H,1H3. The lowest BCUT2D eigenvalue weighted by Crippen LogP contribution is -1.62. The Kier molecular flexibility index (Phi) is 1.88. The summed E-state index contributed by atoms with van der Waals surface area (Å²) in [5.41, 5.74) is 1.36. The van der Waals surface area contributed by atoms with Gasteiger partial charge in [0.05, 0.1) is 0 Å². The van der Waals surface area contributed by atoms with Crippen LogP contribution in [0.25, 0.3) is 10.4 Å². The molecule has 0 unspecified atom stereocenters. The van der Waals surface area contributed by atoms with Crippen LogP contribution in [-0.2, 0) is 0 Å². The SMILES string of the molecule is CSc1cc2cccsc-2c1. The first-order valence-corrected chi connectivity index (χ1v) is 5.52. The number of fused-ring (bicyclic) bond motifs is 1. The van der Waals surface area contributed by atoms with Gasteiger partial charge in [0.2, 0.25) is 0 Å². The van der Waals surface area contributed by atoms with Gasteiger partial charge in [-0.25, -0.2) is 0 Å². The summed E-state index contributed by atoms with van der Waals surface area (Å²) in [5, 5.41) is 2.12. The lowest BCUT2D eigenvalue weighted by Gasteiger charge is -1.91. The summed E-state index contributed by atoms with van der Waals surface area (Å²) in [6, 6.07) is 8.73. The molecule has 1 heterocycles. The van der Waals surface area contributed by atoms with E-state index in [9.17, 15) is 0 Å². The van der Waals surface area contributed by atoms with Crippen molar-refractivity contribution >= 4 is 23.1 Å². The van der Waals surface area contributed by atoms with Crippen LogP contribution in [0.5, 0.6) is 0 Å². The van der Waals surface area contributed by atoms with Gasteiger partial charge in [-0.05, 0) is 29.3 Å².